The first kappa shape index (κ1) is 29.0. The zero-order valence-corrected chi connectivity index (χ0v) is 24.0. The number of anilines is 1. The van der Waals surface area contributed by atoms with Gasteiger partial charge in [0.2, 0.25) is 0 Å². The highest BCUT2D eigenvalue weighted by atomic mass is 32.1. The zero-order valence-electron chi connectivity index (χ0n) is 23.1. The smallest absolute Gasteiger partial charge is 0.172 e. The molecule has 0 spiro atoms. The molecule has 0 amide bonds. The van der Waals surface area contributed by atoms with Crippen LogP contribution in [-0.2, 0) is 4.74 Å². The summed E-state index contributed by atoms with van der Waals surface area (Å²) in [5.74, 6) is 0.0717. The number of unbranched alkanes of at least 4 members (excludes halogenated alkanes) is 6. The molecule has 0 unspecified atom stereocenters. The molecule has 3 rings (SSSR count). The Balaban J connectivity index is 1.85. The number of ether oxygens (including phenoxy) is 1. The van der Waals surface area contributed by atoms with Gasteiger partial charge in [0.25, 0.3) is 0 Å². The van der Waals surface area contributed by atoms with Gasteiger partial charge in [-0.05, 0) is 49.9 Å². The first-order valence-corrected chi connectivity index (χ1v) is 14.6. The Bertz CT molecular complexity index is 1250. The lowest BCUT2D eigenvalue weighted by atomic mass is 9.88. The van der Waals surface area contributed by atoms with Crippen LogP contribution < -0.4 is 4.90 Å². The van der Waals surface area contributed by atoms with Crippen LogP contribution in [0.25, 0.3) is 16.0 Å². The largest absolute Gasteiger partial charge is 0.480 e. The second-order valence-electron chi connectivity index (χ2n) is 10.2. The zero-order chi connectivity index (χ0) is 27.5. The Morgan fingerprint density at radius 1 is 0.816 bits per heavy atom. The number of allylic oxidation sites excluding steroid dienone is 2. The van der Waals surface area contributed by atoms with Crippen molar-refractivity contribution < 1.29 is 4.74 Å². The van der Waals surface area contributed by atoms with Gasteiger partial charge in [-0.1, -0.05) is 76.6 Å². The van der Waals surface area contributed by atoms with Gasteiger partial charge in [0.05, 0.1) is 5.00 Å². The van der Waals surface area contributed by atoms with Crippen molar-refractivity contribution in [2.75, 3.05) is 18.0 Å². The van der Waals surface area contributed by atoms with E-state index in [1.165, 1.54) is 61.2 Å². The minimum Gasteiger partial charge on any atom is -0.480 e. The van der Waals surface area contributed by atoms with Crippen molar-refractivity contribution >= 4 is 21.9 Å². The van der Waals surface area contributed by atoms with Crippen LogP contribution in [0.5, 0.6) is 0 Å². The van der Waals surface area contributed by atoms with Crippen molar-refractivity contribution in [2.45, 2.75) is 84.7 Å². The van der Waals surface area contributed by atoms with E-state index in [1.807, 2.05) is 49.5 Å². The first-order chi connectivity index (χ1) is 18.4. The molecule has 1 aliphatic heterocycles. The molecule has 0 bridgehead atoms. The van der Waals surface area contributed by atoms with Crippen LogP contribution in [0.3, 0.4) is 0 Å². The van der Waals surface area contributed by atoms with E-state index >= 15 is 0 Å². The van der Waals surface area contributed by atoms with Crippen LogP contribution in [0.1, 0.15) is 84.6 Å². The molecule has 0 fully saturated rings. The Morgan fingerprint density at radius 3 is 1.92 bits per heavy atom. The van der Waals surface area contributed by atoms with Gasteiger partial charge in [0, 0.05) is 23.5 Å². The molecule has 5 nitrogen and oxygen atoms in total. The molecule has 2 aromatic rings. The number of benzene rings is 1. The van der Waals surface area contributed by atoms with Crippen molar-refractivity contribution in [3.63, 3.8) is 0 Å². The van der Waals surface area contributed by atoms with E-state index in [-0.39, 0.29) is 16.9 Å². The fourth-order valence-electron chi connectivity index (χ4n) is 4.92. The third-order valence-electron chi connectivity index (χ3n) is 6.92. The average Bonchev–Trinajstić information content (AvgIpc) is 3.51. The molecule has 0 saturated carbocycles. The second-order valence-corrected chi connectivity index (χ2v) is 11.3. The maximum atomic E-state index is 9.87. The van der Waals surface area contributed by atoms with Crippen LogP contribution in [0.15, 0.2) is 53.3 Å². The molecule has 198 valence electrons. The van der Waals surface area contributed by atoms with Crippen LogP contribution in [-0.4, -0.2) is 18.7 Å². The monoisotopic (exact) mass is 526 g/mol. The number of rotatable bonds is 13. The summed E-state index contributed by atoms with van der Waals surface area (Å²) in [6.07, 6.45) is 10.1. The number of thiophene rings is 1. The van der Waals surface area contributed by atoms with Gasteiger partial charge in [-0.2, -0.15) is 15.8 Å². The van der Waals surface area contributed by atoms with Gasteiger partial charge < -0.3 is 9.64 Å². The third kappa shape index (κ3) is 6.86. The molecule has 38 heavy (non-hydrogen) atoms. The van der Waals surface area contributed by atoms with Crippen LogP contribution >= 0.6 is 11.3 Å². The molecule has 0 atom stereocenters. The van der Waals surface area contributed by atoms with Gasteiger partial charge in [0.1, 0.15) is 29.4 Å². The molecule has 1 aliphatic rings. The maximum Gasteiger partial charge on any atom is 0.172 e. The van der Waals surface area contributed by atoms with Gasteiger partial charge in [0.15, 0.2) is 11.3 Å². The summed E-state index contributed by atoms with van der Waals surface area (Å²) in [5, 5.41) is 29.9. The highest BCUT2D eigenvalue weighted by molar-refractivity contribution is 7.19. The van der Waals surface area contributed by atoms with E-state index in [0.717, 1.165) is 24.2 Å². The van der Waals surface area contributed by atoms with Crippen LogP contribution in [0.4, 0.5) is 5.00 Å². The molecule has 0 N–H and O–H groups in total. The summed E-state index contributed by atoms with van der Waals surface area (Å²) < 4.78 is 5.94. The summed E-state index contributed by atoms with van der Waals surface area (Å²) >= 11 is 1.83. The normalized spacial score (nSPS) is 14.0. The van der Waals surface area contributed by atoms with E-state index in [0.29, 0.717) is 5.57 Å². The first-order valence-electron chi connectivity index (χ1n) is 13.7. The quantitative estimate of drug-likeness (QED) is 0.192. The summed E-state index contributed by atoms with van der Waals surface area (Å²) in [5.41, 5.74) is 1.92. The fourth-order valence-corrected chi connectivity index (χ4v) is 5.98. The Kier molecular flexibility index (Phi) is 10.6. The number of hydrogen-bond donors (Lipinski definition) is 0. The molecule has 0 aliphatic carbocycles. The van der Waals surface area contributed by atoms with Gasteiger partial charge in [-0.15, -0.1) is 11.3 Å². The maximum absolute atomic E-state index is 9.87. The third-order valence-corrected chi connectivity index (χ3v) is 8.12. The molecular weight excluding hydrogens is 488 g/mol. The Labute approximate surface area is 232 Å². The summed E-state index contributed by atoms with van der Waals surface area (Å²) in [6, 6.07) is 18.5. The highest BCUT2D eigenvalue weighted by Gasteiger charge is 2.40. The van der Waals surface area contributed by atoms with Crippen molar-refractivity contribution in [3.8, 4) is 28.6 Å². The van der Waals surface area contributed by atoms with E-state index in [4.69, 9.17) is 4.74 Å². The van der Waals surface area contributed by atoms with Crippen molar-refractivity contribution in [1.82, 2.24) is 0 Å². The van der Waals surface area contributed by atoms with Gasteiger partial charge in [-0.25, -0.2) is 0 Å². The second kappa shape index (κ2) is 13.9. The van der Waals surface area contributed by atoms with Crippen molar-refractivity contribution in [1.29, 1.82) is 15.8 Å². The van der Waals surface area contributed by atoms with Crippen LogP contribution in [0, 0.1) is 34.0 Å². The Morgan fingerprint density at radius 2 is 1.39 bits per heavy atom. The lowest BCUT2D eigenvalue weighted by Gasteiger charge is -2.23. The number of nitriles is 3. The molecule has 2 heterocycles. The van der Waals surface area contributed by atoms with Crippen molar-refractivity contribution in [2.24, 2.45) is 0 Å². The van der Waals surface area contributed by atoms with Crippen molar-refractivity contribution in [3.05, 3.63) is 58.9 Å². The van der Waals surface area contributed by atoms with E-state index in [9.17, 15) is 15.8 Å². The highest BCUT2D eigenvalue weighted by Crippen LogP contribution is 2.45. The molecule has 1 aromatic carbocycles. The minimum absolute atomic E-state index is 0.0717. The van der Waals surface area contributed by atoms with E-state index in [2.05, 4.69) is 49.1 Å². The predicted molar refractivity (Wildman–Crippen MR) is 156 cm³/mol. The lowest BCUT2D eigenvalue weighted by molar-refractivity contribution is 0.109. The lowest BCUT2D eigenvalue weighted by Crippen LogP contribution is -2.24. The van der Waals surface area contributed by atoms with E-state index in [1.54, 1.807) is 0 Å². The topological polar surface area (TPSA) is 83.8 Å². The molecule has 0 saturated heterocycles. The summed E-state index contributed by atoms with van der Waals surface area (Å²) in [4.78, 5) is 3.78. The SMILES string of the molecule is CCCCCCN(CCCCCC)c1ccc(-c2ccc(C3=C(C#N)C(=C(C#N)C#N)OC3(C)C)cc2)s1. The van der Waals surface area contributed by atoms with Gasteiger partial charge >= 0.3 is 0 Å². The molecule has 0 radical (unpaired) electrons. The predicted octanol–water partition coefficient (Wildman–Crippen LogP) is 8.77. The fraction of sp³-hybridized carbons (Fsp3) is 0.469. The number of hydrogen-bond acceptors (Lipinski definition) is 6. The molecular formula is C32H38N4OS. The molecule has 1 aromatic heterocycles. The molecule has 6 heteroatoms. The van der Waals surface area contributed by atoms with Crippen LogP contribution in [0.2, 0.25) is 0 Å². The van der Waals surface area contributed by atoms with E-state index < -0.39 is 5.60 Å². The average molecular weight is 527 g/mol. The summed E-state index contributed by atoms with van der Waals surface area (Å²) in [6.45, 7) is 10.4. The standard InChI is InChI=1S/C32H38N4OS/c1-5-7-9-11-19-36(20-12-10-8-6-2)29-18-17-28(38-29)24-13-15-25(16-14-24)30-27(23-35)31(26(21-33)22-34)37-32(30,3)4/h13-18H,5-12,19-20H2,1-4H3. The Hall–Kier alpha value is -3.53. The summed E-state index contributed by atoms with van der Waals surface area (Å²) in [7, 11) is 0. The van der Waals surface area contributed by atoms with Gasteiger partial charge in [-0.3, -0.25) is 0 Å². The minimum atomic E-state index is -0.826. The number of nitrogens with zero attached hydrogens (tertiary/aromatic N) is 4.